The fourth-order valence-corrected chi connectivity index (χ4v) is 3.28. The minimum atomic E-state index is -0.532. The SMILES string of the molecule is CC1=CC[C@@H]2C(=O)N(C)C(=O)[C@@H]2[C@@H]1NC(=O)C#Cc1ccccc1. The molecule has 1 aromatic carbocycles. The minimum Gasteiger partial charge on any atom is -0.338 e. The summed E-state index contributed by atoms with van der Waals surface area (Å²) in [6, 6.07) is 8.72. The predicted molar refractivity (Wildman–Crippen MR) is 88.4 cm³/mol. The molecule has 3 atom stereocenters. The van der Waals surface area contributed by atoms with Crippen LogP contribution in [0.2, 0.25) is 0 Å². The topological polar surface area (TPSA) is 66.5 Å². The van der Waals surface area contributed by atoms with Crippen molar-refractivity contribution in [2.45, 2.75) is 19.4 Å². The predicted octanol–water partition coefficient (Wildman–Crippen LogP) is 1.10. The molecule has 24 heavy (non-hydrogen) atoms. The molecule has 1 fully saturated rings. The lowest BCUT2D eigenvalue weighted by atomic mass is 9.78. The summed E-state index contributed by atoms with van der Waals surface area (Å²) in [6.07, 6.45) is 2.45. The zero-order chi connectivity index (χ0) is 17.3. The molecule has 0 unspecified atom stereocenters. The van der Waals surface area contributed by atoms with Crippen LogP contribution in [0.15, 0.2) is 42.0 Å². The first-order chi connectivity index (χ1) is 11.5. The van der Waals surface area contributed by atoms with Crippen LogP contribution < -0.4 is 5.32 Å². The maximum Gasteiger partial charge on any atom is 0.296 e. The Kier molecular flexibility index (Phi) is 4.22. The first-order valence-electron chi connectivity index (χ1n) is 7.84. The number of benzene rings is 1. The molecular weight excluding hydrogens is 304 g/mol. The number of amides is 3. The maximum absolute atomic E-state index is 12.4. The third-order valence-electron chi connectivity index (χ3n) is 4.62. The number of allylic oxidation sites excluding steroid dienone is 1. The smallest absolute Gasteiger partial charge is 0.296 e. The fourth-order valence-electron chi connectivity index (χ4n) is 3.28. The van der Waals surface area contributed by atoms with Gasteiger partial charge in [0.2, 0.25) is 11.8 Å². The van der Waals surface area contributed by atoms with Crippen molar-refractivity contribution < 1.29 is 14.4 Å². The standard InChI is InChI=1S/C19H18N2O3/c1-12-8-10-14-16(19(24)21(2)18(14)23)17(12)20-15(22)11-9-13-6-4-3-5-7-13/h3-8,14,16-17H,10H2,1-2H3,(H,20,22)/t14-,16-,17+/m0/s1. The summed E-state index contributed by atoms with van der Waals surface area (Å²) >= 11 is 0. The Balaban J connectivity index is 1.78. The van der Waals surface area contributed by atoms with Gasteiger partial charge in [0.25, 0.3) is 5.91 Å². The summed E-state index contributed by atoms with van der Waals surface area (Å²) in [4.78, 5) is 37.8. The number of likely N-dealkylation sites (tertiary alicyclic amines) is 1. The second-order valence-corrected chi connectivity index (χ2v) is 6.12. The number of fused-ring (bicyclic) bond motifs is 1. The van der Waals surface area contributed by atoms with E-state index in [4.69, 9.17) is 0 Å². The van der Waals surface area contributed by atoms with Gasteiger partial charge < -0.3 is 5.32 Å². The Labute approximate surface area is 140 Å². The Morgan fingerprint density at radius 2 is 1.92 bits per heavy atom. The highest BCUT2D eigenvalue weighted by molar-refractivity contribution is 6.06. The largest absolute Gasteiger partial charge is 0.338 e. The molecular formula is C19H18N2O3. The van der Waals surface area contributed by atoms with Crippen LogP contribution in [-0.2, 0) is 14.4 Å². The maximum atomic E-state index is 12.4. The van der Waals surface area contributed by atoms with E-state index >= 15 is 0 Å². The van der Waals surface area contributed by atoms with Crippen molar-refractivity contribution >= 4 is 17.7 Å². The summed E-state index contributed by atoms with van der Waals surface area (Å²) in [6.45, 7) is 1.86. The molecule has 5 heteroatoms. The van der Waals surface area contributed by atoms with Gasteiger partial charge in [-0.3, -0.25) is 19.3 Å². The molecule has 0 spiro atoms. The number of rotatable bonds is 1. The molecule has 1 aliphatic carbocycles. The number of hydrogen-bond acceptors (Lipinski definition) is 3. The molecule has 0 aromatic heterocycles. The van der Waals surface area contributed by atoms with Crippen LogP contribution in [0.3, 0.4) is 0 Å². The summed E-state index contributed by atoms with van der Waals surface area (Å²) in [7, 11) is 1.49. The van der Waals surface area contributed by atoms with Crippen LogP contribution in [0.4, 0.5) is 0 Å². The van der Waals surface area contributed by atoms with Crippen molar-refractivity contribution in [3.05, 3.63) is 47.5 Å². The zero-order valence-corrected chi connectivity index (χ0v) is 13.6. The van der Waals surface area contributed by atoms with Crippen LogP contribution in [0, 0.1) is 23.7 Å². The van der Waals surface area contributed by atoms with Crippen molar-refractivity contribution in [3.63, 3.8) is 0 Å². The van der Waals surface area contributed by atoms with Crippen molar-refractivity contribution in [1.29, 1.82) is 0 Å². The van der Waals surface area contributed by atoms with Gasteiger partial charge in [-0.15, -0.1) is 0 Å². The van der Waals surface area contributed by atoms with Crippen LogP contribution >= 0.6 is 0 Å². The van der Waals surface area contributed by atoms with E-state index < -0.39 is 23.8 Å². The first-order valence-corrected chi connectivity index (χ1v) is 7.84. The van der Waals surface area contributed by atoms with E-state index in [1.807, 2.05) is 43.3 Å². The molecule has 2 aliphatic rings. The molecule has 5 nitrogen and oxygen atoms in total. The van der Waals surface area contributed by atoms with Gasteiger partial charge in [0.15, 0.2) is 0 Å². The summed E-state index contributed by atoms with van der Waals surface area (Å²) in [5.41, 5.74) is 1.64. The van der Waals surface area contributed by atoms with Gasteiger partial charge in [-0.1, -0.05) is 35.8 Å². The molecule has 1 aromatic rings. The third-order valence-corrected chi connectivity index (χ3v) is 4.62. The van der Waals surface area contributed by atoms with Gasteiger partial charge in [-0.25, -0.2) is 0 Å². The van der Waals surface area contributed by atoms with Crippen LogP contribution in [0.25, 0.3) is 0 Å². The van der Waals surface area contributed by atoms with Gasteiger partial charge >= 0.3 is 0 Å². The Bertz CT molecular complexity index is 786. The molecule has 1 saturated heterocycles. The Morgan fingerprint density at radius 3 is 2.62 bits per heavy atom. The van der Waals surface area contributed by atoms with Gasteiger partial charge in [0, 0.05) is 18.5 Å². The monoisotopic (exact) mass is 322 g/mol. The van der Waals surface area contributed by atoms with Gasteiger partial charge in [0.1, 0.15) is 0 Å². The lowest BCUT2D eigenvalue weighted by Gasteiger charge is -2.30. The molecule has 3 amide bonds. The van der Waals surface area contributed by atoms with E-state index in [1.54, 1.807) is 0 Å². The molecule has 122 valence electrons. The van der Waals surface area contributed by atoms with Crippen LogP contribution in [0.1, 0.15) is 18.9 Å². The Hall–Kier alpha value is -2.87. The summed E-state index contributed by atoms with van der Waals surface area (Å²) < 4.78 is 0. The highest BCUT2D eigenvalue weighted by Gasteiger charge is 2.51. The van der Waals surface area contributed by atoms with E-state index in [0.717, 1.165) is 16.0 Å². The Morgan fingerprint density at radius 1 is 1.21 bits per heavy atom. The lowest BCUT2D eigenvalue weighted by molar-refractivity contribution is -0.138. The fraction of sp³-hybridized carbons (Fsp3) is 0.316. The van der Waals surface area contributed by atoms with Crippen LogP contribution in [-0.4, -0.2) is 35.7 Å². The van der Waals surface area contributed by atoms with Gasteiger partial charge in [-0.05, 0) is 25.5 Å². The van der Waals surface area contributed by atoms with Gasteiger partial charge in [-0.2, -0.15) is 0 Å². The number of imide groups is 1. The average Bonchev–Trinajstić information content (AvgIpc) is 2.81. The number of nitrogens with zero attached hydrogens (tertiary/aromatic N) is 1. The molecule has 0 saturated carbocycles. The zero-order valence-electron chi connectivity index (χ0n) is 13.6. The van der Waals surface area contributed by atoms with Crippen molar-refractivity contribution in [2.75, 3.05) is 7.05 Å². The average molecular weight is 322 g/mol. The van der Waals surface area contributed by atoms with E-state index in [0.29, 0.717) is 6.42 Å². The van der Waals surface area contributed by atoms with Crippen molar-refractivity contribution in [3.8, 4) is 11.8 Å². The minimum absolute atomic E-state index is 0.177. The summed E-state index contributed by atoms with van der Waals surface area (Å²) in [5, 5.41) is 2.80. The molecule has 0 radical (unpaired) electrons. The highest BCUT2D eigenvalue weighted by Crippen LogP contribution is 2.37. The summed E-state index contributed by atoms with van der Waals surface area (Å²) in [5.74, 6) is 3.55. The van der Waals surface area contributed by atoms with E-state index in [1.165, 1.54) is 7.05 Å². The number of hydrogen-bond donors (Lipinski definition) is 1. The normalized spacial score (nSPS) is 25.5. The molecule has 1 aliphatic heterocycles. The van der Waals surface area contributed by atoms with Gasteiger partial charge in [0.05, 0.1) is 17.9 Å². The number of carbonyl (C=O) groups is 3. The highest BCUT2D eigenvalue weighted by atomic mass is 16.2. The second kappa shape index (κ2) is 6.32. The van der Waals surface area contributed by atoms with E-state index in [-0.39, 0.29) is 11.8 Å². The quantitative estimate of drug-likeness (QED) is 0.478. The van der Waals surface area contributed by atoms with E-state index in [2.05, 4.69) is 17.2 Å². The van der Waals surface area contributed by atoms with Crippen molar-refractivity contribution in [2.24, 2.45) is 11.8 Å². The lowest BCUT2D eigenvalue weighted by Crippen LogP contribution is -2.47. The molecule has 1 heterocycles. The molecule has 3 rings (SSSR count). The van der Waals surface area contributed by atoms with E-state index in [9.17, 15) is 14.4 Å². The number of nitrogens with one attached hydrogen (secondary N) is 1. The first kappa shape index (κ1) is 16.0. The molecule has 0 bridgehead atoms. The third kappa shape index (κ3) is 2.83. The number of carbonyl (C=O) groups excluding carboxylic acids is 3. The second-order valence-electron chi connectivity index (χ2n) is 6.12. The molecule has 1 N–H and O–H groups in total. The van der Waals surface area contributed by atoms with Crippen LogP contribution in [0.5, 0.6) is 0 Å². The van der Waals surface area contributed by atoms with Crippen molar-refractivity contribution in [1.82, 2.24) is 10.2 Å².